The first-order valence-electron chi connectivity index (χ1n) is 4.69. The van der Waals surface area contributed by atoms with Gasteiger partial charge in [0.15, 0.2) is 0 Å². The number of rotatable bonds is 3. The van der Waals surface area contributed by atoms with Crippen LogP contribution in [0.15, 0.2) is 41.1 Å². The minimum absolute atomic E-state index is 0.125. The van der Waals surface area contributed by atoms with E-state index in [2.05, 4.69) is 20.9 Å². The van der Waals surface area contributed by atoms with Crippen LogP contribution in [0.2, 0.25) is 0 Å². The number of benzene rings is 1. The Morgan fingerprint density at radius 1 is 1.27 bits per heavy atom. The first-order valence-corrected chi connectivity index (χ1v) is 5.48. The molecule has 0 bridgehead atoms. The SMILES string of the molecule is OCCn1ccnc1-c1ccc(Br)cc1. The van der Waals surface area contributed by atoms with Crippen LogP contribution in [0, 0.1) is 0 Å². The molecule has 0 aliphatic carbocycles. The lowest BCUT2D eigenvalue weighted by Crippen LogP contribution is -2.02. The maximum atomic E-state index is 8.90. The second-order valence-electron chi connectivity index (χ2n) is 3.17. The van der Waals surface area contributed by atoms with Crippen LogP contribution in [0.4, 0.5) is 0 Å². The van der Waals surface area contributed by atoms with Gasteiger partial charge in [-0.1, -0.05) is 28.1 Å². The van der Waals surface area contributed by atoms with Crippen molar-refractivity contribution in [2.24, 2.45) is 0 Å². The zero-order valence-electron chi connectivity index (χ0n) is 8.10. The van der Waals surface area contributed by atoms with Gasteiger partial charge in [0.2, 0.25) is 0 Å². The summed E-state index contributed by atoms with van der Waals surface area (Å²) in [6.45, 7) is 0.700. The third-order valence-electron chi connectivity index (χ3n) is 2.16. The van der Waals surface area contributed by atoms with Crippen LogP contribution in [-0.4, -0.2) is 21.3 Å². The van der Waals surface area contributed by atoms with Crippen LogP contribution in [0.3, 0.4) is 0 Å². The average Bonchev–Trinajstić information content (AvgIpc) is 2.68. The van der Waals surface area contributed by atoms with Crippen LogP contribution < -0.4 is 0 Å². The Hall–Kier alpha value is -1.13. The lowest BCUT2D eigenvalue weighted by atomic mass is 10.2. The topological polar surface area (TPSA) is 38.0 Å². The van der Waals surface area contributed by atoms with E-state index in [1.165, 1.54) is 0 Å². The van der Waals surface area contributed by atoms with Crippen LogP contribution >= 0.6 is 15.9 Å². The summed E-state index contributed by atoms with van der Waals surface area (Å²) in [5, 5.41) is 8.90. The highest BCUT2D eigenvalue weighted by atomic mass is 79.9. The summed E-state index contributed by atoms with van der Waals surface area (Å²) in [6, 6.07) is 7.96. The van der Waals surface area contributed by atoms with E-state index < -0.39 is 0 Å². The molecule has 4 heteroatoms. The molecular weight excluding hydrogens is 256 g/mol. The number of aliphatic hydroxyl groups is 1. The lowest BCUT2D eigenvalue weighted by Gasteiger charge is -2.05. The summed E-state index contributed by atoms with van der Waals surface area (Å²) in [7, 11) is 0. The molecule has 0 atom stereocenters. The Balaban J connectivity index is 2.36. The summed E-state index contributed by atoms with van der Waals surface area (Å²) < 4.78 is 2.98. The number of hydrogen-bond acceptors (Lipinski definition) is 2. The van der Waals surface area contributed by atoms with Crippen molar-refractivity contribution in [1.29, 1.82) is 0 Å². The molecule has 1 heterocycles. The Kier molecular flexibility index (Phi) is 3.18. The molecular formula is C11H11BrN2O. The van der Waals surface area contributed by atoms with E-state index in [1.807, 2.05) is 35.0 Å². The molecule has 15 heavy (non-hydrogen) atoms. The highest BCUT2D eigenvalue weighted by Crippen LogP contribution is 2.19. The first kappa shape index (κ1) is 10.4. The van der Waals surface area contributed by atoms with Crippen molar-refractivity contribution < 1.29 is 5.11 Å². The van der Waals surface area contributed by atoms with Crippen LogP contribution in [0.25, 0.3) is 11.4 Å². The van der Waals surface area contributed by atoms with Gasteiger partial charge in [-0.25, -0.2) is 4.98 Å². The van der Waals surface area contributed by atoms with Crippen molar-refractivity contribution in [3.8, 4) is 11.4 Å². The fourth-order valence-electron chi connectivity index (χ4n) is 1.46. The third-order valence-corrected chi connectivity index (χ3v) is 2.69. The number of halogens is 1. The van der Waals surface area contributed by atoms with E-state index in [1.54, 1.807) is 6.20 Å². The molecule has 0 spiro atoms. The van der Waals surface area contributed by atoms with E-state index in [0.717, 1.165) is 15.9 Å². The predicted molar refractivity (Wildman–Crippen MR) is 62.4 cm³/mol. The average molecular weight is 267 g/mol. The van der Waals surface area contributed by atoms with Crippen LogP contribution in [-0.2, 0) is 6.54 Å². The van der Waals surface area contributed by atoms with E-state index in [0.29, 0.717) is 6.54 Å². The minimum atomic E-state index is 0.125. The quantitative estimate of drug-likeness (QED) is 0.926. The van der Waals surface area contributed by atoms with Crippen molar-refractivity contribution in [1.82, 2.24) is 9.55 Å². The summed E-state index contributed by atoms with van der Waals surface area (Å²) in [5.74, 6) is 0.886. The standard InChI is InChI=1S/C11H11BrN2O/c12-10-3-1-9(2-4-10)11-13-5-6-14(11)7-8-15/h1-6,15H,7-8H2. The molecule has 1 N–H and O–H groups in total. The molecule has 1 aromatic carbocycles. The maximum Gasteiger partial charge on any atom is 0.139 e. The second-order valence-corrected chi connectivity index (χ2v) is 4.09. The number of aliphatic hydroxyl groups excluding tert-OH is 1. The summed E-state index contributed by atoms with van der Waals surface area (Å²) in [5.41, 5.74) is 1.05. The molecule has 0 amide bonds. The number of hydrogen-bond donors (Lipinski definition) is 1. The van der Waals surface area contributed by atoms with Gasteiger partial charge in [-0.2, -0.15) is 0 Å². The van der Waals surface area contributed by atoms with E-state index in [4.69, 9.17) is 5.11 Å². The molecule has 0 saturated carbocycles. The molecule has 2 aromatic rings. The van der Waals surface area contributed by atoms with Crippen molar-refractivity contribution in [2.45, 2.75) is 6.54 Å². The van der Waals surface area contributed by atoms with Gasteiger partial charge in [-0.15, -0.1) is 0 Å². The minimum Gasteiger partial charge on any atom is -0.395 e. The van der Waals surface area contributed by atoms with Gasteiger partial charge in [0.05, 0.1) is 6.61 Å². The molecule has 0 fully saturated rings. The zero-order valence-corrected chi connectivity index (χ0v) is 9.68. The number of nitrogens with zero attached hydrogens (tertiary/aromatic N) is 2. The molecule has 1 aromatic heterocycles. The van der Waals surface area contributed by atoms with Gasteiger partial charge < -0.3 is 9.67 Å². The third kappa shape index (κ3) is 2.27. The fourth-order valence-corrected chi connectivity index (χ4v) is 1.72. The van der Waals surface area contributed by atoms with Crippen molar-refractivity contribution in [3.05, 3.63) is 41.1 Å². The summed E-state index contributed by atoms with van der Waals surface area (Å²) >= 11 is 3.39. The van der Waals surface area contributed by atoms with Crippen molar-refractivity contribution in [3.63, 3.8) is 0 Å². The van der Waals surface area contributed by atoms with Gasteiger partial charge in [0.1, 0.15) is 5.82 Å². The molecule has 2 rings (SSSR count). The predicted octanol–water partition coefficient (Wildman–Crippen LogP) is 2.30. The van der Waals surface area contributed by atoms with Crippen molar-refractivity contribution >= 4 is 15.9 Å². The highest BCUT2D eigenvalue weighted by molar-refractivity contribution is 9.10. The van der Waals surface area contributed by atoms with Gasteiger partial charge in [0, 0.05) is 29.0 Å². The van der Waals surface area contributed by atoms with Gasteiger partial charge >= 0.3 is 0 Å². The molecule has 0 aliphatic rings. The van der Waals surface area contributed by atoms with Crippen molar-refractivity contribution in [2.75, 3.05) is 6.61 Å². The molecule has 0 aliphatic heterocycles. The number of imidazole rings is 1. The molecule has 78 valence electrons. The Morgan fingerprint density at radius 3 is 2.67 bits per heavy atom. The normalized spacial score (nSPS) is 10.5. The van der Waals surface area contributed by atoms with E-state index >= 15 is 0 Å². The number of aromatic nitrogens is 2. The van der Waals surface area contributed by atoms with Gasteiger partial charge in [-0.05, 0) is 12.1 Å². The zero-order chi connectivity index (χ0) is 10.7. The first-order chi connectivity index (χ1) is 7.31. The molecule has 3 nitrogen and oxygen atoms in total. The molecule has 0 unspecified atom stereocenters. The van der Waals surface area contributed by atoms with Gasteiger partial charge in [-0.3, -0.25) is 0 Å². The molecule has 0 radical (unpaired) electrons. The Bertz CT molecular complexity index is 436. The highest BCUT2D eigenvalue weighted by Gasteiger charge is 2.04. The summed E-state index contributed by atoms with van der Waals surface area (Å²) in [6.07, 6.45) is 3.61. The maximum absolute atomic E-state index is 8.90. The van der Waals surface area contributed by atoms with E-state index in [-0.39, 0.29) is 6.61 Å². The summed E-state index contributed by atoms with van der Waals surface area (Å²) in [4.78, 5) is 4.27. The smallest absolute Gasteiger partial charge is 0.139 e. The van der Waals surface area contributed by atoms with Gasteiger partial charge in [0.25, 0.3) is 0 Å². The lowest BCUT2D eigenvalue weighted by molar-refractivity contribution is 0.276. The monoisotopic (exact) mass is 266 g/mol. The van der Waals surface area contributed by atoms with E-state index in [9.17, 15) is 0 Å². The van der Waals surface area contributed by atoms with Crippen LogP contribution in [0.5, 0.6) is 0 Å². The van der Waals surface area contributed by atoms with Crippen LogP contribution in [0.1, 0.15) is 0 Å². The largest absolute Gasteiger partial charge is 0.395 e. The Labute approximate surface area is 96.5 Å². The fraction of sp³-hybridized carbons (Fsp3) is 0.182. The molecule has 0 saturated heterocycles. The second kappa shape index (κ2) is 4.59. The Morgan fingerprint density at radius 2 is 2.00 bits per heavy atom.